The number of nitro groups is 1. The Bertz CT molecular complexity index is 1100. The second-order valence-electron chi connectivity index (χ2n) is 7.42. The minimum atomic E-state index is -1.39. The second-order valence-corrected chi connectivity index (χ2v) is 7.42. The van der Waals surface area contributed by atoms with Crippen LogP contribution in [0.1, 0.15) is 31.0 Å². The van der Waals surface area contributed by atoms with Gasteiger partial charge in [0.15, 0.2) is 0 Å². The Morgan fingerprint density at radius 2 is 2.13 bits per heavy atom. The summed E-state index contributed by atoms with van der Waals surface area (Å²) in [6, 6.07) is 11.8. The summed E-state index contributed by atoms with van der Waals surface area (Å²) in [5.41, 5.74) is 4.59. The molecular formula is C22H23N5O4. The van der Waals surface area contributed by atoms with E-state index < -0.39 is 22.3 Å². The number of hydrogen-bond donors (Lipinski definition) is 2. The topological polar surface area (TPSA) is 110 Å². The van der Waals surface area contributed by atoms with Gasteiger partial charge in [0.2, 0.25) is 5.54 Å². The van der Waals surface area contributed by atoms with Crippen LogP contribution in [0.25, 0.3) is 0 Å². The van der Waals surface area contributed by atoms with Gasteiger partial charge in [-0.05, 0) is 31.5 Å². The molecule has 4 rings (SSSR count). The van der Waals surface area contributed by atoms with Crippen molar-refractivity contribution >= 4 is 11.7 Å². The highest BCUT2D eigenvalue weighted by molar-refractivity contribution is 5.88. The molecule has 2 aliphatic heterocycles. The number of benzene rings is 1. The van der Waals surface area contributed by atoms with Crippen molar-refractivity contribution in [2.45, 2.75) is 25.3 Å². The van der Waals surface area contributed by atoms with Crippen LogP contribution in [-0.2, 0) is 15.1 Å². The minimum absolute atomic E-state index is 0.0110. The van der Waals surface area contributed by atoms with Gasteiger partial charge in [-0.25, -0.2) is 10.2 Å². The standard InChI is InChI=1S/C22H23N5O4/c1-4-31-21(28)22(18-10-5-6-11-23-18)19-17(12-14(2)24-20(19)26(3)25-22)15-8-7-9-16(13-15)27(29)30/h5-13,17,24-25H,4H2,1-3H3. The first-order valence-corrected chi connectivity index (χ1v) is 9.93. The van der Waals surface area contributed by atoms with E-state index in [0.29, 0.717) is 22.7 Å². The van der Waals surface area contributed by atoms with Gasteiger partial charge in [0, 0.05) is 42.6 Å². The first kappa shape index (κ1) is 20.5. The molecule has 9 heteroatoms. The van der Waals surface area contributed by atoms with E-state index >= 15 is 0 Å². The van der Waals surface area contributed by atoms with E-state index in [9.17, 15) is 14.9 Å². The highest BCUT2D eigenvalue weighted by atomic mass is 16.6. The van der Waals surface area contributed by atoms with Crippen molar-refractivity contribution in [3.05, 3.63) is 93.2 Å². The van der Waals surface area contributed by atoms with Crippen LogP contribution in [0.2, 0.25) is 0 Å². The van der Waals surface area contributed by atoms with Crippen molar-refractivity contribution in [3.63, 3.8) is 0 Å². The van der Waals surface area contributed by atoms with Gasteiger partial charge >= 0.3 is 5.97 Å². The van der Waals surface area contributed by atoms with Crippen LogP contribution in [-0.4, -0.2) is 34.5 Å². The zero-order chi connectivity index (χ0) is 22.2. The number of pyridine rings is 1. The number of hydrazine groups is 1. The molecule has 0 aliphatic carbocycles. The molecule has 2 aromatic rings. The maximum absolute atomic E-state index is 13.5. The number of aromatic nitrogens is 1. The number of carbonyl (C=O) groups is 1. The third-order valence-corrected chi connectivity index (χ3v) is 5.44. The molecule has 9 nitrogen and oxygen atoms in total. The molecule has 1 aromatic carbocycles. The Morgan fingerprint density at radius 1 is 1.32 bits per heavy atom. The number of nitrogens with zero attached hydrogens (tertiary/aromatic N) is 3. The summed E-state index contributed by atoms with van der Waals surface area (Å²) in [4.78, 5) is 28.9. The maximum atomic E-state index is 13.5. The fourth-order valence-corrected chi connectivity index (χ4v) is 4.19. The van der Waals surface area contributed by atoms with Gasteiger partial charge in [-0.1, -0.05) is 24.3 Å². The number of nitro benzene ring substituents is 1. The number of rotatable bonds is 5. The van der Waals surface area contributed by atoms with Crippen LogP contribution in [0.5, 0.6) is 0 Å². The van der Waals surface area contributed by atoms with E-state index in [1.165, 1.54) is 12.1 Å². The summed E-state index contributed by atoms with van der Waals surface area (Å²) < 4.78 is 5.49. The van der Waals surface area contributed by atoms with Gasteiger partial charge in [0.25, 0.3) is 5.69 Å². The lowest BCUT2D eigenvalue weighted by Crippen LogP contribution is -2.52. The monoisotopic (exact) mass is 421 g/mol. The Labute approximate surface area is 179 Å². The summed E-state index contributed by atoms with van der Waals surface area (Å²) in [5.74, 6) is -0.217. The molecule has 2 aliphatic rings. The van der Waals surface area contributed by atoms with Crippen molar-refractivity contribution in [2.24, 2.45) is 0 Å². The SMILES string of the molecule is CCOC(=O)C1(c2ccccn2)NN(C)C2=C1C(c1cccc([N+](=O)[O-])c1)C=C(C)N2. The lowest BCUT2D eigenvalue weighted by Gasteiger charge is -2.33. The maximum Gasteiger partial charge on any atom is 0.338 e. The minimum Gasteiger partial charge on any atom is -0.464 e. The fourth-order valence-electron chi connectivity index (χ4n) is 4.19. The molecule has 0 saturated carbocycles. The summed E-state index contributed by atoms with van der Waals surface area (Å²) in [6.45, 7) is 3.86. The summed E-state index contributed by atoms with van der Waals surface area (Å²) >= 11 is 0. The molecular weight excluding hydrogens is 398 g/mol. The van der Waals surface area contributed by atoms with Crippen molar-refractivity contribution in [1.29, 1.82) is 0 Å². The van der Waals surface area contributed by atoms with Crippen LogP contribution in [0.4, 0.5) is 5.69 Å². The predicted molar refractivity (Wildman–Crippen MR) is 113 cm³/mol. The third-order valence-electron chi connectivity index (χ3n) is 5.44. The molecule has 1 aromatic heterocycles. The number of carbonyl (C=O) groups excluding carboxylic acids is 1. The van der Waals surface area contributed by atoms with Crippen LogP contribution in [0, 0.1) is 10.1 Å². The van der Waals surface area contributed by atoms with Crippen molar-refractivity contribution in [3.8, 4) is 0 Å². The Morgan fingerprint density at radius 3 is 2.81 bits per heavy atom. The lowest BCUT2D eigenvalue weighted by molar-refractivity contribution is -0.384. The number of non-ortho nitro benzene ring substituents is 1. The number of allylic oxidation sites excluding steroid dienone is 2. The molecule has 2 N–H and O–H groups in total. The van der Waals surface area contributed by atoms with Crippen LogP contribution < -0.4 is 10.7 Å². The first-order chi connectivity index (χ1) is 14.9. The smallest absolute Gasteiger partial charge is 0.338 e. The van der Waals surface area contributed by atoms with E-state index in [1.807, 2.05) is 25.1 Å². The predicted octanol–water partition coefficient (Wildman–Crippen LogP) is 2.70. The quantitative estimate of drug-likeness (QED) is 0.431. The van der Waals surface area contributed by atoms with Crippen molar-refractivity contribution < 1.29 is 14.5 Å². The molecule has 0 saturated heterocycles. The molecule has 160 valence electrons. The Hall–Kier alpha value is -3.72. The van der Waals surface area contributed by atoms with Gasteiger partial charge in [-0.3, -0.25) is 20.1 Å². The largest absolute Gasteiger partial charge is 0.464 e. The zero-order valence-corrected chi connectivity index (χ0v) is 17.5. The number of hydrogen-bond acceptors (Lipinski definition) is 8. The third kappa shape index (κ3) is 3.32. The van der Waals surface area contributed by atoms with Crippen LogP contribution in [0.15, 0.2) is 71.8 Å². The molecule has 31 heavy (non-hydrogen) atoms. The van der Waals surface area contributed by atoms with Gasteiger partial charge in [-0.2, -0.15) is 0 Å². The first-order valence-electron chi connectivity index (χ1n) is 9.93. The van der Waals surface area contributed by atoms with E-state index in [-0.39, 0.29) is 12.3 Å². The van der Waals surface area contributed by atoms with E-state index in [4.69, 9.17) is 4.74 Å². The van der Waals surface area contributed by atoms with Crippen molar-refractivity contribution in [2.75, 3.05) is 13.7 Å². The number of ether oxygens (including phenoxy) is 1. The van der Waals surface area contributed by atoms with Gasteiger partial charge in [0.05, 0.1) is 17.2 Å². The average Bonchev–Trinajstić information content (AvgIpc) is 3.07. The Kier molecular flexibility index (Phi) is 5.20. The molecule has 2 unspecified atom stereocenters. The van der Waals surface area contributed by atoms with Gasteiger partial charge in [0.1, 0.15) is 5.82 Å². The molecule has 0 radical (unpaired) electrons. The Balaban J connectivity index is 1.96. The molecule has 0 spiro atoms. The van der Waals surface area contributed by atoms with Crippen LogP contribution in [0.3, 0.4) is 0 Å². The van der Waals surface area contributed by atoms with Gasteiger partial charge < -0.3 is 10.1 Å². The van der Waals surface area contributed by atoms with E-state index in [0.717, 1.165) is 5.70 Å². The van der Waals surface area contributed by atoms with Gasteiger partial charge in [-0.15, -0.1) is 0 Å². The molecule has 0 fully saturated rings. The fraction of sp³-hybridized carbons (Fsp3) is 0.273. The molecule has 0 bridgehead atoms. The molecule has 3 heterocycles. The highest BCUT2D eigenvalue weighted by Crippen LogP contribution is 2.47. The summed E-state index contributed by atoms with van der Waals surface area (Å²) in [5, 5.41) is 16.4. The number of dihydropyridines is 1. The van der Waals surface area contributed by atoms with E-state index in [2.05, 4.69) is 15.7 Å². The van der Waals surface area contributed by atoms with Crippen molar-refractivity contribution in [1.82, 2.24) is 20.7 Å². The summed E-state index contributed by atoms with van der Waals surface area (Å²) in [7, 11) is 1.80. The lowest BCUT2D eigenvalue weighted by atomic mass is 9.75. The molecule has 2 atom stereocenters. The highest BCUT2D eigenvalue weighted by Gasteiger charge is 2.56. The second kappa shape index (κ2) is 7.84. The summed E-state index contributed by atoms with van der Waals surface area (Å²) in [6.07, 6.45) is 3.58. The molecule has 0 amide bonds. The zero-order valence-electron chi connectivity index (χ0n) is 17.5. The number of esters is 1. The van der Waals surface area contributed by atoms with Crippen LogP contribution >= 0.6 is 0 Å². The normalized spacial score (nSPS) is 22.5. The number of nitrogens with one attached hydrogen (secondary N) is 2. The average molecular weight is 421 g/mol. The van der Waals surface area contributed by atoms with E-state index in [1.54, 1.807) is 43.4 Å².